The lowest BCUT2D eigenvalue weighted by Gasteiger charge is -2.04. The maximum atomic E-state index is 2.40. The molecule has 102 valence electrons. The minimum atomic E-state index is 1.09. The molecule has 0 bridgehead atoms. The number of aromatic nitrogens is 2. The molecule has 1 aromatic heterocycles. The molecule has 1 aromatic carbocycles. The minimum absolute atomic E-state index is 1.09. The fraction of sp³-hybridized carbons (Fsp3) is 0.471. The Bertz CT molecular complexity index is 485. The Labute approximate surface area is 116 Å². The van der Waals surface area contributed by atoms with Crippen molar-refractivity contribution in [2.75, 3.05) is 0 Å². The highest BCUT2D eigenvalue weighted by Crippen LogP contribution is 2.16. The van der Waals surface area contributed by atoms with Gasteiger partial charge in [-0.25, -0.2) is 9.13 Å². The Morgan fingerprint density at radius 1 is 1.00 bits per heavy atom. The predicted octanol–water partition coefficient (Wildman–Crippen LogP) is 4.04. The molecule has 0 saturated heterocycles. The van der Waals surface area contributed by atoms with Crippen molar-refractivity contribution in [2.24, 2.45) is 0 Å². The number of rotatable bonds is 7. The zero-order valence-corrected chi connectivity index (χ0v) is 12.2. The fourth-order valence-electron chi connectivity index (χ4n) is 2.52. The van der Waals surface area contributed by atoms with Gasteiger partial charge in [-0.2, -0.15) is 0 Å². The maximum Gasteiger partial charge on any atom is 0.288 e. The Morgan fingerprint density at radius 3 is 2.47 bits per heavy atom. The SMILES string of the molecule is CCCCCn1cc[n+](CCC)c1-c1ccccc1. The molecule has 0 unspecified atom stereocenters. The monoisotopic (exact) mass is 257 g/mol. The second-order valence-electron chi connectivity index (χ2n) is 5.08. The van der Waals surface area contributed by atoms with E-state index in [0.29, 0.717) is 0 Å². The van der Waals surface area contributed by atoms with E-state index in [2.05, 4.69) is 65.7 Å². The summed E-state index contributed by atoms with van der Waals surface area (Å²) in [6.45, 7) is 6.70. The first-order valence-corrected chi connectivity index (χ1v) is 7.50. The van der Waals surface area contributed by atoms with Gasteiger partial charge < -0.3 is 0 Å². The van der Waals surface area contributed by atoms with Crippen LogP contribution in [0.3, 0.4) is 0 Å². The van der Waals surface area contributed by atoms with Crippen molar-refractivity contribution < 1.29 is 4.57 Å². The van der Waals surface area contributed by atoms with Crippen molar-refractivity contribution in [3.8, 4) is 11.4 Å². The van der Waals surface area contributed by atoms with Crippen LogP contribution < -0.4 is 4.57 Å². The van der Waals surface area contributed by atoms with Crippen LogP contribution in [-0.2, 0) is 13.1 Å². The van der Waals surface area contributed by atoms with Crippen LogP contribution in [0.25, 0.3) is 11.4 Å². The van der Waals surface area contributed by atoms with Crippen molar-refractivity contribution in [1.29, 1.82) is 0 Å². The summed E-state index contributed by atoms with van der Waals surface area (Å²) < 4.78 is 4.78. The molecule has 0 aliphatic heterocycles. The van der Waals surface area contributed by atoms with Gasteiger partial charge in [-0.1, -0.05) is 38.5 Å². The summed E-state index contributed by atoms with van der Waals surface area (Å²) >= 11 is 0. The third kappa shape index (κ3) is 3.46. The number of hydrogen-bond donors (Lipinski definition) is 0. The second kappa shape index (κ2) is 7.13. The lowest BCUT2D eigenvalue weighted by Crippen LogP contribution is -2.34. The third-order valence-corrected chi connectivity index (χ3v) is 3.47. The first-order chi connectivity index (χ1) is 9.36. The standard InChI is InChI=1S/C17H25N2/c1-3-5-9-13-19-15-14-18(12-4-2)17(19)16-10-7-6-8-11-16/h6-8,10-11,14-15H,3-5,9,12-13H2,1-2H3/q+1. The van der Waals surface area contributed by atoms with Gasteiger partial charge in [0.1, 0.15) is 12.4 Å². The molecule has 0 amide bonds. The second-order valence-corrected chi connectivity index (χ2v) is 5.08. The topological polar surface area (TPSA) is 8.81 Å². The van der Waals surface area contributed by atoms with Gasteiger partial charge >= 0.3 is 0 Å². The number of aryl methyl sites for hydroxylation is 2. The first kappa shape index (κ1) is 13.9. The zero-order chi connectivity index (χ0) is 13.5. The Balaban J connectivity index is 2.28. The summed E-state index contributed by atoms with van der Waals surface area (Å²) in [6.07, 6.45) is 9.46. The average molecular weight is 257 g/mol. The fourth-order valence-corrected chi connectivity index (χ4v) is 2.52. The maximum absolute atomic E-state index is 2.40. The van der Waals surface area contributed by atoms with Gasteiger partial charge in [0.25, 0.3) is 5.82 Å². The minimum Gasteiger partial charge on any atom is -0.230 e. The Morgan fingerprint density at radius 2 is 1.79 bits per heavy atom. The van der Waals surface area contributed by atoms with Crippen molar-refractivity contribution in [3.63, 3.8) is 0 Å². The van der Waals surface area contributed by atoms with Crippen LogP contribution in [-0.4, -0.2) is 4.57 Å². The molecule has 2 heteroatoms. The largest absolute Gasteiger partial charge is 0.288 e. The number of benzene rings is 1. The number of hydrogen-bond acceptors (Lipinski definition) is 0. The van der Waals surface area contributed by atoms with Crippen molar-refractivity contribution >= 4 is 0 Å². The quantitative estimate of drug-likeness (QED) is 0.523. The van der Waals surface area contributed by atoms with Crippen LogP contribution in [0.15, 0.2) is 42.7 Å². The summed E-state index contributed by atoms with van der Waals surface area (Å²) in [5.74, 6) is 1.35. The molecule has 2 aromatic rings. The van der Waals surface area contributed by atoms with Gasteiger partial charge in [0.2, 0.25) is 0 Å². The van der Waals surface area contributed by atoms with Gasteiger partial charge in [-0.3, -0.25) is 0 Å². The van der Waals surface area contributed by atoms with Gasteiger partial charge in [-0.15, -0.1) is 0 Å². The van der Waals surface area contributed by atoms with Gasteiger partial charge in [0.05, 0.1) is 18.7 Å². The highest BCUT2D eigenvalue weighted by Gasteiger charge is 2.18. The van der Waals surface area contributed by atoms with E-state index in [-0.39, 0.29) is 0 Å². The van der Waals surface area contributed by atoms with Gasteiger partial charge in [-0.05, 0) is 31.4 Å². The average Bonchev–Trinajstić information content (AvgIpc) is 2.84. The number of unbranched alkanes of at least 4 members (excludes halogenated alkanes) is 2. The van der Waals surface area contributed by atoms with E-state index in [9.17, 15) is 0 Å². The molecule has 0 fully saturated rings. The van der Waals surface area contributed by atoms with Crippen LogP contribution in [0, 0.1) is 0 Å². The van der Waals surface area contributed by atoms with Crippen molar-refractivity contribution in [2.45, 2.75) is 52.6 Å². The zero-order valence-electron chi connectivity index (χ0n) is 12.2. The molecule has 0 aliphatic carbocycles. The molecule has 0 radical (unpaired) electrons. The van der Waals surface area contributed by atoms with Crippen molar-refractivity contribution in [1.82, 2.24) is 4.57 Å². The third-order valence-electron chi connectivity index (χ3n) is 3.47. The van der Waals surface area contributed by atoms with Crippen molar-refractivity contribution in [3.05, 3.63) is 42.7 Å². The summed E-state index contributed by atoms with van der Waals surface area (Å²) in [5.41, 5.74) is 1.32. The van der Waals surface area contributed by atoms with Crippen LogP contribution in [0.5, 0.6) is 0 Å². The number of imidazole rings is 1. The summed E-state index contributed by atoms with van der Waals surface area (Å²) in [6, 6.07) is 10.7. The van der Waals surface area contributed by atoms with E-state index in [1.165, 1.54) is 37.1 Å². The lowest BCUT2D eigenvalue weighted by molar-refractivity contribution is -0.685. The molecule has 0 aliphatic rings. The summed E-state index contributed by atoms with van der Waals surface area (Å²) in [4.78, 5) is 0. The van der Waals surface area contributed by atoms with E-state index in [0.717, 1.165) is 13.1 Å². The first-order valence-electron chi connectivity index (χ1n) is 7.50. The smallest absolute Gasteiger partial charge is 0.230 e. The van der Waals surface area contributed by atoms with E-state index < -0.39 is 0 Å². The Hall–Kier alpha value is -1.57. The van der Waals surface area contributed by atoms with Gasteiger partial charge in [0.15, 0.2) is 0 Å². The molecule has 0 atom stereocenters. The molecule has 0 N–H and O–H groups in total. The number of nitrogens with zero attached hydrogens (tertiary/aromatic N) is 2. The molecule has 19 heavy (non-hydrogen) atoms. The molecule has 2 nitrogen and oxygen atoms in total. The predicted molar refractivity (Wildman–Crippen MR) is 79.9 cm³/mol. The Kier molecular flexibility index (Phi) is 5.20. The molecular weight excluding hydrogens is 232 g/mol. The molecule has 0 saturated carbocycles. The molecule has 2 rings (SSSR count). The van der Waals surface area contributed by atoms with E-state index >= 15 is 0 Å². The van der Waals surface area contributed by atoms with Gasteiger partial charge in [0, 0.05) is 0 Å². The van der Waals surface area contributed by atoms with E-state index in [1.807, 2.05) is 0 Å². The normalized spacial score (nSPS) is 10.8. The highest BCUT2D eigenvalue weighted by atomic mass is 15.1. The molecular formula is C17H25N2+. The lowest BCUT2D eigenvalue weighted by atomic mass is 10.2. The van der Waals surface area contributed by atoms with Crippen LogP contribution in [0.4, 0.5) is 0 Å². The summed E-state index contributed by atoms with van der Waals surface area (Å²) in [5, 5.41) is 0. The van der Waals surface area contributed by atoms with Crippen LogP contribution in [0.1, 0.15) is 39.5 Å². The van der Waals surface area contributed by atoms with Crippen LogP contribution >= 0.6 is 0 Å². The summed E-state index contributed by atoms with van der Waals surface area (Å²) in [7, 11) is 0. The molecule has 0 spiro atoms. The molecule has 1 heterocycles. The highest BCUT2D eigenvalue weighted by molar-refractivity contribution is 5.52. The van der Waals surface area contributed by atoms with E-state index in [1.54, 1.807) is 0 Å². The van der Waals surface area contributed by atoms with E-state index in [4.69, 9.17) is 0 Å². The van der Waals surface area contributed by atoms with Crippen LogP contribution in [0.2, 0.25) is 0 Å².